The highest BCUT2D eigenvalue weighted by Gasteiger charge is 2.23. The van der Waals surface area contributed by atoms with Crippen LogP contribution in [-0.2, 0) is 0 Å². The van der Waals surface area contributed by atoms with E-state index in [0.29, 0.717) is 29.6 Å². The van der Waals surface area contributed by atoms with Crippen LogP contribution in [0.1, 0.15) is 41.8 Å². The molecule has 1 aromatic carbocycles. The molecule has 1 amide bonds. The number of carbonyl (C=O) groups is 1. The molecule has 23 heavy (non-hydrogen) atoms. The fraction of sp³-hybridized carbons (Fsp3) is 0.500. The zero-order valence-corrected chi connectivity index (χ0v) is 13.6. The third-order valence-corrected chi connectivity index (χ3v) is 4.66. The van der Waals surface area contributed by atoms with Crippen molar-refractivity contribution in [2.24, 2.45) is 5.92 Å². The van der Waals surface area contributed by atoms with Crippen LogP contribution in [0.2, 0.25) is 0 Å². The van der Waals surface area contributed by atoms with Crippen LogP contribution < -0.4 is 10.1 Å². The Morgan fingerprint density at radius 2 is 2.26 bits per heavy atom. The molecule has 0 bridgehead atoms. The maximum absolute atomic E-state index is 12.5. The van der Waals surface area contributed by atoms with E-state index in [4.69, 9.17) is 9.15 Å². The highest BCUT2D eigenvalue weighted by atomic mass is 16.5. The zero-order valence-electron chi connectivity index (χ0n) is 13.6. The number of rotatable bonds is 4. The molecule has 2 atom stereocenters. The molecule has 3 rings (SSSR count). The van der Waals surface area contributed by atoms with Gasteiger partial charge in [0.15, 0.2) is 17.1 Å². The summed E-state index contributed by atoms with van der Waals surface area (Å²) in [5.41, 5.74) is 1.42. The Morgan fingerprint density at radius 1 is 1.43 bits per heavy atom. The van der Waals surface area contributed by atoms with Crippen molar-refractivity contribution in [3.05, 3.63) is 29.5 Å². The predicted octanol–water partition coefficient (Wildman–Crippen LogP) is 3.03. The first-order chi connectivity index (χ1) is 11.1. The first kappa shape index (κ1) is 15.9. The number of aliphatic hydroxyl groups is 1. The smallest absolute Gasteiger partial charge is 0.287 e. The maximum atomic E-state index is 12.5. The van der Waals surface area contributed by atoms with E-state index in [0.717, 1.165) is 36.6 Å². The highest BCUT2D eigenvalue weighted by Crippen LogP contribution is 2.32. The molecule has 124 valence electrons. The average molecular weight is 317 g/mol. The number of methoxy groups -OCH3 is 1. The Balaban J connectivity index is 1.74. The van der Waals surface area contributed by atoms with E-state index < -0.39 is 0 Å². The van der Waals surface area contributed by atoms with Gasteiger partial charge in [-0.05, 0) is 38.2 Å². The lowest BCUT2D eigenvalue weighted by atomic mass is 9.87. The molecule has 2 aromatic rings. The van der Waals surface area contributed by atoms with Crippen molar-refractivity contribution < 1.29 is 19.1 Å². The number of aliphatic hydroxyl groups excluding tert-OH is 1. The molecule has 1 aromatic heterocycles. The van der Waals surface area contributed by atoms with Gasteiger partial charge in [0.2, 0.25) is 0 Å². The number of benzene rings is 1. The number of ether oxygens (including phenoxy) is 1. The van der Waals surface area contributed by atoms with E-state index in [1.807, 2.05) is 25.1 Å². The van der Waals surface area contributed by atoms with Gasteiger partial charge >= 0.3 is 0 Å². The summed E-state index contributed by atoms with van der Waals surface area (Å²) in [6, 6.07) is 5.62. The molecular formula is C18H23NO4. The van der Waals surface area contributed by atoms with Gasteiger partial charge in [0.25, 0.3) is 5.91 Å². The largest absolute Gasteiger partial charge is 0.493 e. The van der Waals surface area contributed by atoms with Gasteiger partial charge in [-0.1, -0.05) is 18.6 Å². The van der Waals surface area contributed by atoms with Gasteiger partial charge in [-0.25, -0.2) is 0 Å². The standard InChI is InChI=1S/C18H23NO4/c1-11-14-7-4-8-15(22-2)17(14)23-16(11)18(21)19-10-12-5-3-6-13(20)9-12/h4,7-8,12-13,20H,3,5-6,9-10H2,1-2H3,(H,19,21). The molecule has 2 N–H and O–H groups in total. The fourth-order valence-electron chi connectivity index (χ4n) is 3.36. The van der Waals surface area contributed by atoms with Crippen LogP contribution in [-0.4, -0.2) is 30.8 Å². The van der Waals surface area contributed by atoms with E-state index in [-0.39, 0.29) is 12.0 Å². The Morgan fingerprint density at radius 3 is 3.00 bits per heavy atom. The summed E-state index contributed by atoms with van der Waals surface area (Å²) >= 11 is 0. The second kappa shape index (κ2) is 6.62. The van der Waals surface area contributed by atoms with E-state index in [1.54, 1.807) is 7.11 Å². The van der Waals surface area contributed by atoms with Crippen LogP contribution in [0.15, 0.2) is 22.6 Å². The molecule has 5 heteroatoms. The van der Waals surface area contributed by atoms with Crippen molar-refractivity contribution in [3.8, 4) is 5.75 Å². The first-order valence-corrected chi connectivity index (χ1v) is 8.12. The third-order valence-electron chi connectivity index (χ3n) is 4.66. The van der Waals surface area contributed by atoms with Crippen LogP contribution in [0.3, 0.4) is 0 Å². The zero-order chi connectivity index (χ0) is 16.4. The molecule has 0 radical (unpaired) electrons. The summed E-state index contributed by atoms with van der Waals surface area (Å²) in [7, 11) is 1.58. The summed E-state index contributed by atoms with van der Waals surface area (Å²) in [5.74, 6) is 1.09. The van der Waals surface area contributed by atoms with Gasteiger partial charge < -0.3 is 19.6 Å². The van der Waals surface area contributed by atoms with Crippen LogP contribution in [0.4, 0.5) is 0 Å². The highest BCUT2D eigenvalue weighted by molar-refractivity contribution is 6.00. The lowest BCUT2D eigenvalue weighted by Crippen LogP contribution is -2.33. The molecule has 1 aliphatic carbocycles. The second-order valence-corrected chi connectivity index (χ2v) is 6.29. The summed E-state index contributed by atoms with van der Waals surface area (Å²) in [6.45, 7) is 2.45. The Bertz CT molecular complexity index is 706. The number of carbonyl (C=O) groups excluding carboxylic acids is 1. The minimum absolute atomic E-state index is 0.208. The van der Waals surface area contributed by atoms with Crippen molar-refractivity contribution in [1.29, 1.82) is 0 Å². The normalized spacial score (nSPS) is 21.3. The van der Waals surface area contributed by atoms with E-state index >= 15 is 0 Å². The Hall–Kier alpha value is -2.01. The van der Waals surface area contributed by atoms with Crippen LogP contribution in [0.25, 0.3) is 11.0 Å². The number of hydrogen-bond acceptors (Lipinski definition) is 4. The van der Waals surface area contributed by atoms with Crippen LogP contribution in [0.5, 0.6) is 5.75 Å². The van der Waals surface area contributed by atoms with E-state index in [2.05, 4.69) is 5.32 Å². The summed E-state index contributed by atoms with van der Waals surface area (Å²) in [5, 5.41) is 13.5. The van der Waals surface area contributed by atoms with Crippen molar-refractivity contribution in [2.75, 3.05) is 13.7 Å². The van der Waals surface area contributed by atoms with Gasteiger partial charge in [-0.3, -0.25) is 4.79 Å². The minimum Gasteiger partial charge on any atom is -0.493 e. The molecular weight excluding hydrogens is 294 g/mol. The molecule has 2 unspecified atom stereocenters. The van der Waals surface area contributed by atoms with Crippen molar-refractivity contribution in [1.82, 2.24) is 5.32 Å². The van der Waals surface area contributed by atoms with Crippen LogP contribution in [0, 0.1) is 12.8 Å². The fourth-order valence-corrected chi connectivity index (χ4v) is 3.36. The Labute approximate surface area is 135 Å². The molecule has 1 fully saturated rings. The molecule has 1 saturated carbocycles. The molecule has 0 aliphatic heterocycles. The summed E-state index contributed by atoms with van der Waals surface area (Å²) in [6.07, 6.45) is 3.45. The molecule has 1 heterocycles. The van der Waals surface area contributed by atoms with Crippen LogP contribution >= 0.6 is 0 Å². The summed E-state index contributed by atoms with van der Waals surface area (Å²) < 4.78 is 11.0. The topological polar surface area (TPSA) is 71.7 Å². The van der Waals surface area contributed by atoms with Crippen molar-refractivity contribution in [3.63, 3.8) is 0 Å². The van der Waals surface area contributed by atoms with E-state index in [9.17, 15) is 9.90 Å². The van der Waals surface area contributed by atoms with Gasteiger partial charge in [0.05, 0.1) is 13.2 Å². The van der Waals surface area contributed by atoms with Gasteiger partial charge in [-0.15, -0.1) is 0 Å². The molecule has 0 spiro atoms. The number of hydrogen-bond donors (Lipinski definition) is 2. The average Bonchev–Trinajstić information content (AvgIpc) is 2.90. The number of fused-ring (bicyclic) bond motifs is 1. The SMILES string of the molecule is COc1cccc2c(C)c(C(=O)NCC3CCCC(O)C3)oc12. The molecule has 5 nitrogen and oxygen atoms in total. The number of aryl methyl sites for hydroxylation is 1. The second-order valence-electron chi connectivity index (χ2n) is 6.29. The molecule has 1 aliphatic rings. The van der Waals surface area contributed by atoms with Crippen molar-refractivity contribution >= 4 is 16.9 Å². The quantitative estimate of drug-likeness (QED) is 0.909. The number of para-hydroxylation sites is 1. The number of furan rings is 1. The number of nitrogens with one attached hydrogen (secondary N) is 1. The van der Waals surface area contributed by atoms with Gasteiger partial charge in [-0.2, -0.15) is 0 Å². The van der Waals surface area contributed by atoms with Gasteiger partial charge in [0.1, 0.15) is 0 Å². The molecule has 0 saturated heterocycles. The first-order valence-electron chi connectivity index (χ1n) is 8.12. The lowest BCUT2D eigenvalue weighted by Gasteiger charge is -2.25. The number of amides is 1. The lowest BCUT2D eigenvalue weighted by molar-refractivity contribution is 0.0854. The van der Waals surface area contributed by atoms with E-state index in [1.165, 1.54) is 0 Å². The van der Waals surface area contributed by atoms with Crippen molar-refractivity contribution in [2.45, 2.75) is 38.7 Å². The Kier molecular flexibility index (Phi) is 4.57. The summed E-state index contributed by atoms with van der Waals surface area (Å²) in [4.78, 5) is 12.5. The predicted molar refractivity (Wildman–Crippen MR) is 87.8 cm³/mol. The maximum Gasteiger partial charge on any atom is 0.287 e. The third kappa shape index (κ3) is 3.20. The monoisotopic (exact) mass is 317 g/mol. The minimum atomic E-state index is -0.233. The van der Waals surface area contributed by atoms with Gasteiger partial charge in [0, 0.05) is 17.5 Å².